The van der Waals surface area contributed by atoms with Gasteiger partial charge in [0, 0.05) is 25.2 Å². The Morgan fingerprint density at radius 1 is 1.06 bits per heavy atom. The van der Waals surface area contributed by atoms with Crippen LogP contribution in [0.25, 0.3) is 11.5 Å². The van der Waals surface area contributed by atoms with E-state index in [1.165, 1.54) is 10.4 Å². The van der Waals surface area contributed by atoms with Gasteiger partial charge in [-0.05, 0) is 49.6 Å². The number of halogens is 1. The van der Waals surface area contributed by atoms with Crippen molar-refractivity contribution in [3.05, 3.63) is 65.0 Å². The molecule has 2 heterocycles. The average molecular weight is 517 g/mol. The maximum absolute atomic E-state index is 13.4. The van der Waals surface area contributed by atoms with Gasteiger partial charge in [-0.2, -0.15) is 4.31 Å². The molecule has 1 amide bonds. The first-order valence-corrected chi connectivity index (χ1v) is 13.7. The lowest BCUT2D eigenvalue weighted by Crippen LogP contribution is -2.33. The van der Waals surface area contributed by atoms with Gasteiger partial charge < -0.3 is 9.32 Å². The zero-order valence-electron chi connectivity index (χ0n) is 19.7. The van der Waals surface area contributed by atoms with E-state index in [0.717, 1.165) is 25.7 Å². The maximum atomic E-state index is 13.4. The van der Waals surface area contributed by atoms with Crippen molar-refractivity contribution in [3.8, 4) is 11.5 Å². The highest BCUT2D eigenvalue weighted by molar-refractivity contribution is 7.89. The van der Waals surface area contributed by atoms with E-state index in [4.69, 9.17) is 16.0 Å². The van der Waals surface area contributed by atoms with E-state index in [2.05, 4.69) is 10.2 Å². The quantitative estimate of drug-likeness (QED) is 0.417. The van der Waals surface area contributed by atoms with Crippen molar-refractivity contribution in [1.82, 2.24) is 19.4 Å². The molecule has 10 heteroatoms. The molecule has 0 N–H and O–H groups in total. The van der Waals surface area contributed by atoms with Crippen molar-refractivity contribution in [3.63, 3.8) is 0 Å². The number of hydrogen-bond acceptors (Lipinski definition) is 6. The number of carbonyl (C=O) groups excluding carboxylic acids is 1. The van der Waals surface area contributed by atoms with Gasteiger partial charge >= 0.3 is 0 Å². The predicted molar refractivity (Wildman–Crippen MR) is 133 cm³/mol. The molecule has 1 aromatic heterocycles. The van der Waals surface area contributed by atoms with Gasteiger partial charge in [-0.1, -0.05) is 49.6 Å². The van der Waals surface area contributed by atoms with E-state index in [0.29, 0.717) is 42.2 Å². The van der Waals surface area contributed by atoms with Gasteiger partial charge in [0.1, 0.15) is 0 Å². The maximum Gasteiger partial charge on any atom is 0.254 e. The van der Waals surface area contributed by atoms with E-state index in [-0.39, 0.29) is 29.1 Å². The Labute approximate surface area is 211 Å². The second kappa shape index (κ2) is 11.3. The number of nitrogens with zero attached hydrogens (tertiary/aromatic N) is 4. The highest BCUT2D eigenvalue weighted by Crippen LogP contribution is 2.27. The second-order valence-electron chi connectivity index (χ2n) is 8.55. The minimum atomic E-state index is -3.66. The first-order chi connectivity index (χ1) is 16.9. The van der Waals surface area contributed by atoms with Crippen molar-refractivity contribution in [2.45, 2.75) is 50.5 Å². The minimum Gasteiger partial charge on any atom is -0.419 e. The number of aromatic nitrogens is 2. The van der Waals surface area contributed by atoms with Gasteiger partial charge in [0.2, 0.25) is 21.8 Å². The van der Waals surface area contributed by atoms with Crippen molar-refractivity contribution in [2.75, 3.05) is 19.6 Å². The van der Waals surface area contributed by atoms with Crippen LogP contribution in [0.1, 0.15) is 55.3 Å². The van der Waals surface area contributed by atoms with Crippen LogP contribution in [-0.2, 0) is 16.6 Å². The molecule has 1 aliphatic rings. The molecule has 8 nitrogen and oxygen atoms in total. The third-order valence-corrected chi connectivity index (χ3v) is 8.19. The van der Waals surface area contributed by atoms with Crippen molar-refractivity contribution in [1.29, 1.82) is 0 Å². The summed E-state index contributed by atoms with van der Waals surface area (Å²) in [6.45, 7) is 3.53. The van der Waals surface area contributed by atoms with E-state index in [1.807, 2.05) is 19.1 Å². The molecule has 0 bridgehead atoms. The van der Waals surface area contributed by atoms with Gasteiger partial charge in [0.25, 0.3) is 5.91 Å². The molecule has 0 spiro atoms. The fourth-order valence-corrected chi connectivity index (χ4v) is 5.93. The molecule has 0 unspecified atom stereocenters. The first-order valence-electron chi connectivity index (χ1n) is 11.9. The average Bonchev–Trinajstić information content (AvgIpc) is 3.14. The molecule has 2 aromatic carbocycles. The monoisotopic (exact) mass is 516 g/mol. The van der Waals surface area contributed by atoms with Crippen LogP contribution in [0, 0.1) is 0 Å². The van der Waals surface area contributed by atoms with Crippen LogP contribution in [0.4, 0.5) is 0 Å². The molecule has 1 saturated heterocycles. The first kappa shape index (κ1) is 25.3. The molecule has 3 aromatic rings. The third kappa shape index (κ3) is 5.91. The predicted octanol–water partition coefficient (Wildman–Crippen LogP) is 5.01. The Bertz CT molecular complexity index is 1270. The van der Waals surface area contributed by atoms with Crippen molar-refractivity contribution >= 4 is 27.5 Å². The van der Waals surface area contributed by atoms with Crippen molar-refractivity contribution in [2.24, 2.45) is 0 Å². The fraction of sp³-hybridized carbons (Fsp3) is 0.400. The largest absolute Gasteiger partial charge is 0.419 e. The highest BCUT2D eigenvalue weighted by atomic mass is 35.5. The zero-order valence-corrected chi connectivity index (χ0v) is 21.3. The van der Waals surface area contributed by atoms with Crippen LogP contribution < -0.4 is 0 Å². The molecule has 0 saturated carbocycles. The fourth-order valence-electron chi connectivity index (χ4n) is 4.15. The zero-order chi connectivity index (χ0) is 24.8. The van der Waals surface area contributed by atoms with E-state index >= 15 is 0 Å². The molecular weight excluding hydrogens is 488 g/mol. The summed E-state index contributed by atoms with van der Waals surface area (Å²) in [4.78, 5) is 15.1. The summed E-state index contributed by atoms with van der Waals surface area (Å²) in [5.41, 5.74) is 0.924. The number of rotatable bonds is 8. The number of benzene rings is 2. The summed E-state index contributed by atoms with van der Waals surface area (Å²) >= 11 is 6.23. The molecular formula is C25H29ClN4O4S. The molecule has 1 aliphatic heterocycles. The molecule has 0 atom stereocenters. The van der Waals surface area contributed by atoms with Crippen LogP contribution in [0.5, 0.6) is 0 Å². The standard InChI is InChI=1S/C25H29ClN4O4S/c1-2-14-29(18-23-27-28-24(34-23)21-12-5-6-13-22(21)26)25(31)19-10-9-11-20(17-19)35(32,33)30-15-7-3-4-8-16-30/h5-6,9-13,17H,2-4,7-8,14-16,18H2,1H3. The van der Waals surface area contributed by atoms with Gasteiger partial charge in [0.05, 0.1) is 22.0 Å². The van der Waals surface area contributed by atoms with Crippen LogP contribution >= 0.6 is 11.6 Å². The summed E-state index contributed by atoms with van der Waals surface area (Å²) in [6, 6.07) is 13.4. The van der Waals surface area contributed by atoms with E-state index in [9.17, 15) is 13.2 Å². The molecule has 186 valence electrons. The molecule has 4 rings (SSSR count). The Kier molecular flexibility index (Phi) is 8.20. The third-order valence-electron chi connectivity index (χ3n) is 5.96. The highest BCUT2D eigenvalue weighted by Gasteiger charge is 2.27. The number of hydrogen-bond donors (Lipinski definition) is 0. The lowest BCUT2D eigenvalue weighted by molar-refractivity contribution is 0.0728. The van der Waals surface area contributed by atoms with Crippen LogP contribution in [0.3, 0.4) is 0 Å². The number of sulfonamides is 1. The SMILES string of the molecule is CCCN(Cc1nnc(-c2ccccc2Cl)o1)C(=O)c1cccc(S(=O)(=O)N2CCCCCC2)c1. The normalized spacial score (nSPS) is 15.0. The summed E-state index contributed by atoms with van der Waals surface area (Å²) in [7, 11) is -3.66. The Morgan fingerprint density at radius 3 is 2.51 bits per heavy atom. The lowest BCUT2D eigenvalue weighted by Gasteiger charge is -2.22. The van der Waals surface area contributed by atoms with Gasteiger partial charge in [-0.3, -0.25) is 4.79 Å². The molecule has 0 aliphatic carbocycles. The second-order valence-corrected chi connectivity index (χ2v) is 10.9. The van der Waals surface area contributed by atoms with E-state index in [1.54, 1.807) is 35.2 Å². The van der Waals surface area contributed by atoms with E-state index < -0.39 is 10.0 Å². The van der Waals surface area contributed by atoms with Gasteiger partial charge in [-0.15, -0.1) is 10.2 Å². The van der Waals surface area contributed by atoms with Gasteiger partial charge in [0.15, 0.2) is 0 Å². The topological polar surface area (TPSA) is 96.6 Å². The molecule has 35 heavy (non-hydrogen) atoms. The van der Waals surface area contributed by atoms with Crippen LogP contribution in [-0.4, -0.2) is 53.4 Å². The minimum absolute atomic E-state index is 0.104. The summed E-state index contributed by atoms with van der Waals surface area (Å²) in [5.74, 6) is 0.257. The number of carbonyl (C=O) groups is 1. The van der Waals surface area contributed by atoms with Crippen molar-refractivity contribution < 1.29 is 17.6 Å². The molecule has 0 radical (unpaired) electrons. The Morgan fingerprint density at radius 2 is 1.80 bits per heavy atom. The Hall–Kier alpha value is -2.75. The lowest BCUT2D eigenvalue weighted by atomic mass is 10.2. The Balaban J connectivity index is 1.54. The summed E-state index contributed by atoms with van der Waals surface area (Å²) in [6.07, 6.45) is 4.47. The summed E-state index contributed by atoms with van der Waals surface area (Å²) < 4.78 is 33.8. The summed E-state index contributed by atoms with van der Waals surface area (Å²) in [5, 5.41) is 8.65. The molecule has 1 fully saturated rings. The van der Waals surface area contributed by atoms with Gasteiger partial charge in [-0.25, -0.2) is 8.42 Å². The smallest absolute Gasteiger partial charge is 0.254 e. The van der Waals surface area contributed by atoms with Crippen LogP contribution in [0.2, 0.25) is 5.02 Å². The number of amides is 1. The van der Waals surface area contributed by atoms with Crippen LogP contribution in [0.15, 0.2) is 57.8 Å².